The van der Waals surface area contributed by atoms with Gasteiger partial charge in [0.1, 0.15) is 0 Å². The topological polar surface area (TPSA) is 32.9 Å². The molecule has 1 N–H and O–H groups in total. The van der Waals surface area contributed by atoms with Crippen molar-refractivity contribution in [3.05, 3.63) is 33.7 Å². The van der Waals surface area contributed by atoms with Gasteiger partial charge in [-0.05, 0) is 13.0 Å². The number of hydrogen-bond donors (Lipinski definition) is 1. The van der Waals surface area contributed by atoms with Crippen molar-refractivity contribution in [2.45, 2.75) is 26.9 Å². The largest absolute Gasteiger partial charge is 0.416 e. The standard InChI is InChI=1S/C7H6F3NO.C2H6/c1-4-5(7(8,9)10)2-3-11-6(4)12;1-2/h2-3H,1H3,(H,11,12);1-2H3. The second-order valence-electron chi connectivity index (χ2n) is 2.34. The molecule has 0 aromatic carbocycles. The Kier molecular flexibility index (Phi) is 4.40. The molecule has 1 aromatic heterocycles. The Balaban J connectivity index is 0.000000791. The van der Waals surface area contributed by atoms with Crippen LogP contribution in [0.1, 0.15) is 25.0 Å². The normalized spacial score (nSPS) is 10.4. The first kappa shape index (κ1) is 12.7. The zero-order valence-corrected chi connectivity index (χ0v) is 8.20. The van der Waals surface area contributed by atoms with Crippen molar-refractivity contribution in [3.8, 4) is 0 Å². The summed E-state index contributed by atoms with van der Waals surface area (Å²) in [4.78, 5) is 12.9. The maximum atomic E-state index is 12.1. The summed E-state index contributed by atoms with van der Waals surface area (Å²) < 4.78 is 36.2. The zero-order valence-electron chi connectivity index (χ0n) is 8.20. The molecule has 14 heavy (non-hydrogen) atoms. The molecule has 0 radical (unpaired) electrons. The number of aromatic nitrogens is 1. The lowest BCUT2D eigenvalue weighted by Crippen LogP contribution is -2.17. The number of H-pyrrole nitrogens is 1. The Bertz CT molecular complexity index is 341. The monoisotopic (exact) mass is 207 g/mol. The third-order valence-corrected chi connectivity index (χ3v) is 1.51. The number of aromatic amines is 1. The molecule has 0 unspecified atom stereocenters. The van der Waals surface area contributed by atoms with Crippen LogP contribution in [0.25, 0.3) is 0 Å². The van der Waals surface area contributed by atoms with E-state index in [2.05, 4.69) is 4.98 Å². The van der Waals surface area contributed by atoms with Gasteiger partial charge in [0, 0.05) is 11.8 Å². The Labute approximate surface area is 79.8 Å². The SMILES string of the molecule is CC.Cc1c(C(F)(F)F)cc[nH]c1=O. The van der Waals surface area contributed by atoms with Gasteiger partial charge in [-0.2, -0.15) is 13.2 Å². The highest BCUT2D eigenvalue weighted by Crippen LogP contribution is 2.29. The summed E-state index contributed by atoms with van der Waals surface area (Å²) in [7, 11) is 0. The molecule has 0 spiro atoms. The van der Waals surface area contributed by atoms with E-state index in [1.54, 1.807) is 0 Å². The van der Waals surface area contributed by atoms with Crippen LogP contribution in [0.2, 0.25) is 0 Å². The van der Waals surface area contributed by atoms with Crippen LogP contribution in [0.4, 0.5) is 13.2 Å². The molecule has 0 aliphatic carbocycles. The van der Waals surface area contributed by atoms with Crippen molar-refractivity contribution in [2.75, 3.05) is 0 Å². The van der Waals surface area contributed by atoms with Gasteiger partial charge in [-0.3, -0.25) is 4.79 Å². The minimum atomic E-state index is -4.45. The molecule has 1 heterocycles. The fraction of sp³-hybridized carbons (Fsp3) is 0.444. The summed E-state index contributed by atoms with van der Waals surface area (Å²) in [5.74, 6) is 0. The predicted molar refractivity (Wildman–Crippen MR) is 48.1 cm³/mol. The van der Waals surface area contributed by atoms with Crippen molar-refractivity contribution in [1.29, 1.82) is 0 Å². The molecule has 0 aliphatic rings. The molecule has 5 heteroatoms. The van der Waals surface area contributed by atoms with Crippen LogP contribution in [0.5, 0.6) is 0 Å². The molecular weight excluding hydrogens is 195 g/mol. The van der Waals surface area contributed by atoms with Gasteiger partial charge in [-0.25, -0.2) is 0 Å². The Hall–Kier alpha value is -1.26. The molecular formula is C9H12F3NO. The van der Waals surface area contributed by atoms with E-state index in [0.717, 1.165) is 19.2 Å². The Morgan fingerprint density at radius 1 is 1.29 bits per heavy atom. The Morgan fingerprint density at radius 3 is 2.14 bits per heavy atom. The summed E-state index contributed by atoms with van der Waals surface area (Å²) >= 11 is 0. The van der Waals surface area contributed by atoms with Crippen molar-refractivity contribution in [1.82, 2.24) is 4.98 Å². The molecule has 0 aliphatic heterocycles. The first-order valence-electron chi connectivity index (χ1n) is 4.18. The van der Waals surface area contributed by atoms with Gasteiger partial charge in [-0.1, -0.05) is 13.8 Å². The highest BCUT2D eigenvalue weighted by atomic mass is 19.4. The van der Waals surface area contributed by atoms with Crippen LogP contribution in [0.3, 0.4) is 0 Å². The summed E-state index contributed by atoms with van der Waals surface area (Å²) in [6.07, 6.45) is -3.46. The highest BCUT2D eigenvalue weighted by Gasteiger charge is 2.32. The highest BCUT2D eigenvalue weighted by molar-refractivity contribution is 5.24. The maximum Gasteiger partial charge on any atom is 0.416 e. The van der Waals surface area contributed by atoms with Gasteiger partial charge in [-0.15, -0.1) is 0 Å². The van der Waals surface area contributed by atoms with E-state index in [0.29, 0.717) is 0 Å². The second-order valence-corrected chi connectivity index (χ2v) is 2.34. The van der Waals surface area contributed by atoms with Crippen LogP contribution in [0, 0.1) is 6.92 Å². The molecule has 1 rings (SSSR count). The first-order valence-corrected chi connectivity index (χ1v) is 4.18. The van der Waals surface area contributed by atoms with E-state index in [4.69, 9.17) is 0 Å². The van der Waals surface area contributed by atoms with Crippen molar-refractivity contribution in [2.24, 2.45) is 0 Å². The van der Waals surface area contributed by atoms with E-state index in [1.807, 2.05) is 13.8 Å². The van der Waals surface area contributed by atoms with E-state index in [1.165, 1.54) is 0 Å². The van der Waals surface area contributed by atoms with Crippen molar-refractivity contribution >= 4 is 0 Å². The van der Waals surface area contributed by atoms with Gasteiger partial charge in [0.2, 0.25) is 0 Å². The molecule has 0 fully saturated rings. The predicted octanol–water partition coefficient (Wildman–Crippen LogP) is 2.73. The zero-order chi connectivity index (χ0) is 11.4. The third kappa shape index (κ3) is 2.90. The van der Waals surface area contributed by atoms with E-state index in [-0.39, 0.29) is 5.56 Å². The van der Waals surface area contributed by atoms with Gasteiger partial charge >= 0.3 is 6.18 Å². The minimum Gasteiger partial charge on any atom is -0.329 e. The van der Waals surface area contributed by atoms with Crippen LogP contribution in [0.15, 0.2) is 17.1 Å². The molecule has 1 aromatic rings. The second kappa shape index (κ2) is 4.83. The average molecular weight is 207 g/mol. The fourth-order valence-electron chi connectivity index (χ4n) is 0.863. The smallest absolute Gasteiger partial charge is 0.329 e. The molecule has 80 valence electrons. The van der Waals surface area contributed by atoms with Crippen LogP contribution >= 0.6 is 0 Å². The van der Waals surface area contributed by atoms with Gasteiger partial charge in [0.25, 0.3) is 5.56 Å². The molecule has 0 saturated heterocycles. The minimum absolute atomic E-state index is 0.301. The number of hydrogen-bond acceptors (Lipinski definition) is 1. The van der Waals surface area contributed by atoms with Gasteiger partial charge < -0.3 is 4.98 Å². The molecule has 0 saturated carbocycles. The van der Waals surface area contributed by atoms with E-state index >= 15 is 0 Å². The quantitative estimate of drug-likeness (QED) is 0.697. The van der Waals surface area contributed by atoms with Gasteiger partial charge in [0.05, 0.1) is 5.56 Å². The van der Waals surface area contributed by atoms with Crippen molar-refractivity contribution in [3.63, 3.8) is 0 Å². The number of pyridine rings is 1. The summed E-state index contributed by atoms with van der Waals surface area (Å²) in [6, 6.07) is 0.844. The average Bonchev–Trinajstić information content (AvgIpc) is 2.11. The lowest BCUT2D eigenvalue weighted by Gasteiger charge is -2.07. The first-order chi connectivity index (χ1) is 6.43. The Morgan fingerprint density at radius 2 is 1.79 bits per heavy atom. The molecule has 0 bridgehead atoms. The van der Waals surface area contributed by atoms with Crippen LogP contribution < -0.4 is 5.56 Å². The number of nitrogens with one attached hydrogen (secondary N) is 1. The summed E-state index contributed by atoms with van der Waals surface area (Å²) in [5.41, 5.74) is -1.89. The number of alkyl halides is 3. The van der Waals surface area contributed by atoms with Gasteiger partial charge in [0.15, 0.2) is 0 Å². The lowest BCUT2D eigenvalue weighted by molar-refractivity contribution is -0.138. The summed E-state index contributed by atoms with van der Waals surface area (Å²) in [5, 5.41) is 0. The molecule has 2 nitrogen and oxygen atoms in total. The summed E-state index contributed by atoms with van der Waals surface area (Å²) in [6.45, 7) is 5.14. The number of halogens is 3. The molecule has 0 atom stereocenters. The lowest BCUT2D eigenvalue weighted by atomic mass is 10.1. The van der Waals surface area contributed by atoms with Crippen LogP contribution in [-0.2, 0) is 6.18 Å². The van der Waals surface area contributed by atoms with Crippen LogP contribution in [-0.4, -0.2) is 4.98 Å². The molecule has 0 amide bonds. The van der Waals surface area contributed by atoms with Crippen molar-refractivity contribution < 1.29 is 13.2 Å². The number of rotatable bonds is 0. The van der Waals surface area contributed by atoms with E-state index in [9.17, 15) is 18.0 Å². The maximum absolute atomic E-state index is 12.1. The van der Waals surface area contributed by atoms with E-state index < -0.39 is 17.3 Å². The third-order valence-electron chi connectivity index (χ3n) is 1.51. The fourth-order valence-corrected chi connectivity index (χ4v) is 0.863.